The first kappa shape index (κ1) is 10.6. The Labute approximate surface area is 93.7 Å². The van der Waals surface area contributed by atoms with Crippen molar-refractivity contribution in [3.63, 3.8) is 0 Å². The molecule has 0 spiro atoms. The van der Waals surface area contributed by atoms with Gasteiger partial charge in [-0.1, -0.05) is 13.8 Å². The molecule has 0 saturated carbocycles. The Morgan fingerprint density at radius 3 is 2.87 bits per heavy atom. The van der Waals surface area contributed by atoms with Gasteiger partial charge in [-0.25, -0.2) is 4.98 Å². The van der Waals surface area contributed by atoms with E-state index in [-0.39, 0.29) is 6.10 Å². The third-order valence-corrected chi connectivity index (χ3v) is 3.59. The first-order chi connectivity index (χ1) is 7.22. The van der Waals surface area contributed by atoms with Crippen LogP contribution in [-0.2, 0) is 4.74 Å². The molecule has 1 aromatic rings. The average Bonchev–Trinajstić information content (AvgIpc) is 2.86. The van der Waals surface area contributed by atoms with Crippen molar-refractivity contribution < 1.29 is 4.74 Å². The molecule has 0 bridgehead atoms. The van der Waals surface area contributed by atoms with Crippen molar-refractivity contribution in [1.29, 1.82) is 5.26 Å². The summed E-state index contributed by atoms with van der Waals surface area (Å²) in [6.07, 6.45) is 2.27. The number of nitrogens with zero attached hydrogens (tertiary/aromatic N) is 2. The molecule has 80 valence electrons. The Balaban J connectivity index is 2.30. The lowest BCUT2D eigenvalue weighted by Gasteiger charge is -2.04. The first-order valence-electron chi connectivity index (χ1n) is 5.24. The predicted octanol–water partition coefficient (Wildman–Crippen LogP) is 2.99. The summed E-state index contributed by atoms with van der Waals surface area (Å²) >= 11 is 1.49. The second-order valence-electron chi connectivity index (χ2n) is 4.03. The quantitative estimate of drug-likeness (QED) is 0.772. The lowest BCUT2D eigenvalue weighted by Crippen LogP contribution is -1.96. The van der Waals surface area contributed by atoms with Crippen molar-refractivity contribution in [2.45, 2.75) is 38.7 Å². The lowest BCUT2D eigenvalue weighted by atomic mass is 10.1. The second kappa shape index (κ2) is 4.30. The molecule has 1 unspecified atom stereocenters. The molecule has 1 atom stereocenters. The van der Waals surface area contributed by atoms with E-state index < -0.39 is 0 Å². The summed E-state index contributed by atoms with van der Waals surface area (Å²) in [7, 11) is 0. The van der Waals surface area contributed by atoms with E-state index in [9.17, 15) is 0 Å². The fourth-order valence-electron chi connectivity index (χ4n) is 1.73. The zero-order chi connectivity index (χ0) is 10.8. The van der Waals surface area contributed by atoms with Gasteiger partial charge in [-0.15, -0.1) is 11.3 Å². The Bertz CT molecular complexity index is 386. The van der Waals surface area contributed by atoms with Crippen LogP contribution in [0.3, 0.4) is 0 Å². The number of rotatable bonds is 2. The van der Waals surface area contributed by atoms with Gasteiger partial charge in [-0.05, 0) is 18.8 Å². The highest BCUT2D eigenvalue weighted by Crippen LogP contribution is 2.34. The van der Waals surface area contributed by atoms with Gasteiger partial charge in [0, 0.05) is 6.61 Å². The number of nitriles is 1. The van der Waals surface area contributed by atoms with Crippen LogP contribution in [0.1, 0.15) is 54.3 Å². The molecule has 0 aliphatic carbocycles. The van der Waals surface area contributed by atoms with E-state index in [0.29, 0.717) is 5.92 Å². The monoisotopic (exact) mass is 222 g/mol. The van der Waals surface area contributed by atoms with Crippen LogP contribution in [0.4, 0.5) is 0 Å². The van der Waals surface area contributed by atoms with E-state index in [0.717, 1.165) is 35.0 Å². The van der Waals surface area contributed by atoms with E-state index in [1.807, 2.05) is 0 Å². The summed E-state index contributed by atoms with van der Waals surface area (Å²) in [5.41, 5.74) is 0.924. The fourth-order valence-corrected chi connectivity index (χ4v) is 2.83. The highest BCUT2D eigenvalue weighted by Gasteiger charge is 2.24. The molecule has 0 aromatic carbocycles. The van der Waals surface area contributed by atoms with Crippen LogP contribution in [0.15, 0.2) is 0 Å². The highest BCUT2D eigenvalue weighted by atomic mass is 32.1. The van der Waals surface area contributed by atoms with Gasteiger partial charge in [0.25, 0.3) is 0 Å². The molecule has 0 amide bonds. The van der Waals surface area contributed by atoms with Crippen molar-refractivity contribution in [1.82, 2.24) is 4.98 Å². The van der Waals surface area contributed by atoms with Gasteiger partial charge in [0.05, 0.1) is 5.69 Å². The van der Waals surface area contributed by atoms with Gasteiger partial charge >= 0.3 is 0 Å². The minimum absolute atomic E-state index is 0.134. The molecule has 3 nitrogen and oxygen atoms in total. The maximum Gasteiger partial charge on any atom is 0.128 e. The molecule has 15 heavy (non-hydrogen) atoms. The van der Waals surface area contributed by atoms with Crippen molar-refractivity contribution in [3.05, 3.63) is 15.6 Å². The molecule has 1 aliphatic heterocycles. The van der Waals surface area contributed by atoms with Crippen LogP contribution < -0.4 is 0 Å². The summed E-state index contributed by atoms with van der Waals surface area (Å²) in [5, 5.41) is 9.98. The lowest BCUT2D eigenvalue weighted by molar-refractivity contribution is 0.111. The summed E-state index contributed by atoms with van der Waals surface area (Å²) in [5.74, 6) is 0.311. The van der Waals surface area contributed by atoms with Gasteiger partial charge in [0.2, 0.25) is 0 Å². The Morgan fingerprint density at radius 1 is 1.60 bits per heavy atom. The maximum atomic E-state index is 9.00. The minimum Gasteiger partial charge on any atom is -0.371 e. The summed E-state index contributed by atoms with van der Waals surface area (Å²) < 4.78 is 5.57. The van der Waals surface area contributed by atoms with Gasteiger partial charge in [-0.2, -0.15) is 5.26 Å². The summed E-state index contributed by atoms with van der Waals surface area (Å²) in [6.45, 7) is 4.95. The predicted molar refractivity (Wildman–Crippen MR) is 58.8 cm³/mol. The van der Waals surface area contributed by atoms with Crippen LogP contribution in [0.25, 0.3) is 0 Å². The van der Waals surface area contributed by atoms with Crippen LogP contribution in [0.2, 0.25) is 0 Å². The van der Waals surface area contributed by atoms with Crippen LogP contribution in [0.5, 0.6) is 0 Å². The van der Waals surface area contributed by atoms with Crippen LogP contribution >= 0.6 is 11.3 Å². The van der Waals surface area contributed by atoms with Gasteiger partial charge in [0.1, 0.15) is 22.1 Å². The smallest absolute Gasteiger partial charge is 0.128 e. The fraction of sp³-hybridized carbons (Fsp3) is 0.636. The zero-order valence-corrected chi connectivity index (χ0v) is 9.80. The van der Waals surface area contributed by atoms with Gasteiger partial charge in [-0.3, -0.25) is 0 Å². The molecule has 1 fully saturated rings. The minimum atomic E-state index is 0.134. The molecule has 2 heterocycles. The van der Waals surface area contributed by atoms with Gasteiger partial charge in [0.15, 0.2) is 0 Å². The third-order valence-electron chi connectivity index (χ3n) is 2.52. The normalized spacial score (nSPS) is 20.8. The highest BCUT2D eigenvalue weighted by molar-refractivity contribution is 7.12. The molecule has 0 radical (unpaired) electrons. The SMILES string of the molecule is CC(C)c1nc(C2CCCO2)sc1C#N. The zero-order valence-electron chi connectivity index (χ0n) is 8.99. The van der Waals surface area contributed by atoms with Crippen molar-refractivity contribution in [3.8, 4) is 6.07 Å². The van der Waals surface area contributed by atoms with Crippen LogP contribution in [-0.4, -0.2) is 11.6 Å². The van der Waals surface area contributed by atoms with E-state index in [2.05, 4.69) is 24.9 Å². The summed E-state index contributed by atoms with van der Waals surface area (Å²) in [4.78, 5) is 5.28. The van der Waals surface area contributed by atoms with Crippen molar-refractivity contribution >= 4 is 11.3 Å². The first-order valence-corrected chi connectivity index (χ1v) is 6.06. The molecular formula is C11H14N2OS. The number of aromatic nitrogens is 1. The van der Waals surface area contributed by atoms with E-state index in [1.54, 1.807) is 0 Å². The number of hydrogen-bond donors (Lipinski definition) is 0. The average molecular weight is 222 g/mol. The Kier molecular flexibility index (Phi) is 3.03. The molecule has 1 aliphatic rings. The van der Waals surface area contributed by atoms with Crippen molar-refractivity contribution in [2.75, 3.05) is 6.61 Å². The Morgan fingerprint density at radius 2 is 2.40 bits per heavy atom. The standard InChI is InChI=1S/C11H14N2OS/c1-7(2)10-9(6-12)15-11(13-10)8-4-3-5-14-8/h7-8H,3-5H2,1-2H3. The molecule has 1 saturated heterocycles. The molecule has 0 N–H and O–H groups in total. The Hall–Kier alpha value is -0.920. The van der Waals surface area contributed by atoms with Crippen LogP contribution in [0, 0.1) is 11.3 Å². The third kappa shape index (κ3) is 2.04. The second-order valence-corrected chi connectivity index (χ2v) is 5.07. The van der Waals surface area contributed by atoms with Gasteiger partial charge < -0.3 is 4.74 Å². The molecule has 1 aromatic heterocycles. The molecule has 2 rings (SSSR count). The number of ether oxygens (including phenoxy) is 1. The van der Waals surface area contributed by atoms with E-state index in [4.69, 9.17) is 10.00 Å². The maximum absolute atomic E-state index is 9.00. The van der Waals surface area contributed by atoms with E-state index >= 15 is 0 Å². The molecular weight excluding hydrogens is 208 g/mol. The van der Waals surface area contributed by atoms with E-state index in [1.165, 1.54) is 11.3 Å². The molecule has 4 heteroatoms. The topological polar surface area (TPSA) is 45.9 Å². The number of thiazole rings is 1. The number of hydrogen-bond acceptors (Lipinski definition) is 4. The summed E-state index contributed by atoms with van der Waals surface area (Å²) in [6, 6.07) is 2.22. The largest absolute Gasteiger partial charge is 0.371 e. The van der Waals surface area contributed by atoms with Crippen molar-refractivity contribution in [2.24, 2.45) is 0 Å².